The van der Waals surface area contributed by atoms with Crippen molar-refractivity contribution in [2.75, 3.05) is 20.8 Å². The van der Waals surface area contributed by atoms with E-state index in [2.05, 4.69) is 5.32 Å². The van der Waals surface area contributed by atoms with Gasteiger partial charge in [-0.15, -0.1) is 0 Å². The molecule has 0 aliphatic carbocycles. The molecule has 1 heterocycles. The van der Waals surface area contributed by atoms with Gasteiger partial charge in [-0.05, 0) is 26.3 Å². The summed E-state index contributed by atoms with van der Waals surface area (Å²) in [6.07, 6.45) is 1.73. The number of methoxy groups -OCH3 is 2. The zero-order chi connectivity index (χ0) is 13.3. The van der Waals surface area contributed by atoms with Crippen molar-refractivity contribution in [3.8, 4) is 11.5 Å². The Bertz CT molecular complexity index is 429. The van der Waals surface area contributed by atoms with Crippen LogP contribution < -0.4 is 14.8 Å². The van der Waals surface area contributed by atoms with Crippen molar-refractivity contribution in [2.45, 2.75) is 25.3 Å². The minimum atomic E-state index is -0.708. The monoisotopic (exact) mass is 257 g/mol. The summed E-state index contributed by atoms with van der Waals surface area (Å²) >= 11 is 0. The molecule has 5 heteroatoms. The predicted octanol–water partition coefficient (Wildman–Crippen LogP) is 2.58. The number of halogens is 2. The van der Waals surface area contributed by atoms with E-state index in [1.807, 2.05) is 6.92 Å². The number of ether oxygens (including phenoxy) is 2. The number of hydrogen-bond acceptors (Lipinski definition) is 3. The van der Waals surface area contributed by atoms with Gasteiger partial charge in [0.2, 0.25) is 0 Å². The third-order valence-electron chi connectivity index (χ3n) is 3.47. The van der Waals surface area contributed by atoms with Crippen molar-refractivity contribution >= 4 is 0 Å². The first kappa shape index (κ1) is 13.1. The van der Waals surface area contributed by atoms with Crippen molar-refractivity contribution in [1.82, 2.24) is 5.32 Å². The Kier molecular flexibility index (Phi) is 3.43. The Morgan fingerprint density at radius 2 is 1.72 bits per heavy atom. The number of nitrogens with one attached hydrogen (secondary N) is 1. The van der Waals surface area contributed by atoms with Crippen LogP contribution in [0.15, 0.2) is 6.07 Å². The lowest BCUT2D eigenvalue weighted by molar-refractivity contribution is 0.314. The van der Waals surface area contributed by atoms with Gasteiger partial charge in [-0.1, -0.05) is 0 Å². The Hall–Kier alpha value is -1.36. The van der Waals surface area contributed by atoms with Gasteiger partial charge in [0, 0.05) is 11.6 Å². The van der Waals surface area contributed by atoms with Crippen LogP contribution in [0.2, 0.25) is 0 Å². The smallest absolute Gasteiger partial charge is 0.168 e. The lowest BCUT2D eigenvalue weighted by atomic mass is 9.88. The van der Waals surface area contributed by atoms with Crippen molar-refractivity contribution in [2.24, 2.45) is 0 Å². The molecule has 100 valence electrons. The molecule has 0 spiro atoms. The highest BCUT2D eigenvalue weighted by Gasteiger charge is 2.38. The van der Waals surface area contributed by atoms with Gasteiger partial charge < -0.3 is 14.8 Å². The van der Waals surface area contributed by atoms with Gasteiger partial charge in [-0.3, -0.25) is 0 Å². The molecular formula is C13H17F2NO2. The normalized spacial score (nSPS) is 23.2. The first-order chi connectivity index (χ1) is 8.53. The topological polar surface area (TPSA) is 30.5 Å². The number of hydrogen-bond donors (Lipinski definition) is 1. The SMILES string of the molecule is COc1c(F)cc(F)c(OC)c1C1(C)CCCN1. The second-order valence-corrected chi connectivity index (χ2v) is 4.64. The maximum absolute atomic E-state index is 13.8. The van der Waals surface area contributed by atoms with Gasteiger partial charge in [0.05, 0.1) is 19.8 Å². The molecule has 1 aromatic rings. The fraction of sp³-hybridized carbons (Fsp3) is 0.538. The summed E-state index contributed by atoms with van der Waals surface area (Å²) in [6, 6.07) is 0.791. The number of rotatable bonds is 3. The van der Waals surface area contributed by atoms with Crippen LogP contribution in [-0.4, -0.2) is 20.8 Å². The fourth-order valence-electron chi connectivity index (χ4n) is 2.59. The Labute approximate surface area is 105 Å². The van der Waals surface area contributed by atoms with E-state index in [4.69, 9.17) is 9.47 Å². The van der Waals surface area contributed by atoms with Gasteiger partial charge in [0.1, 0.15) is 0 Å². The molecule has 0 amide bonds. The fourth-order valence-corrected chi connectivity index (χ4v) is 2.59. The molecule has 2 rings (SSSR count). The first-order valence-electron chi connectivity index (χ1n) is 5.89. The van der Waals surface area contributed by atoms with Gasteiger partial charge in [-0.25, -0.2) is 8.78 Å². The Morgan fingerprint density at radius 1 is 1.17 bits per heavy atom. The summed E-state index contributed by atoms with van der Waals surface area (Å²) < 4.78 is 37.8. The van der Waals surface area contributed by atoms with Crippen molar-refractivity contribution in [3.05, 3.63) is 23.3 Å². The van der Waals surface area contributed by atoms with E-state index in [1.165, 1.54) is 14.2 Å². The quantitative estimate of drug-likeness (QED) is 0.902. The zero-order valence-electron chi connectivity index (χ0n) is 10.8. The lowest BCUT2D eigenvalue weighted by Crippen LogP contribution is -2.34. The summed E-state index contributed by atoms with van der Waals surface area (Å²) in [5, 5.41) is 3.26. The summed E-state index contributed by atoms with van der Waals surface area (Å²) in [6.45, 7) is 2.71. The second-order valence-electron chi connectivity index (χ2n) is 4.64. The van der Waals surface area contributed by atoms with Crippen LogP contribution in [-0.2, 0) is 5.54 Å². The largest absolute Gasteiger partial charge is 0.493 e. The summed E-state index contributed by atoms with van der Waals surface area (Å²) in [5.41, 5.74) is -0.109. The van der Waals surface area contributed by atoms with Crippen LogP contribution in [0.3, 0.4) is 0 Å². The average Bonchev–Trinajstić information content (AvgIpc) is 2.76. The molecule has 0 radical (unpaired) electrons. The number of benzene rings is 1. The molecular weight excluding hydrogens is 240 g/mol. The average molecular weight is 257 g/mol. The molecule has 1 aliphatic heterocycles. The molecule has 1 fully saturated rings. The van der Waals surface area contributed by atoms with Crippen LogP contribution in [0.25, 0.3) is 0 Å². The molecule has 0 aromatic heterocycles. The van der Waals surface area contributed by atoms with E-state index in [0.29, 0.717) is 5.56 Å². The molecule has 1 N–H and O–H groups in total. The second kappa shape index (κ2) is 4.72. The molecule has 1 atom stereocenters. The summed E-state index contributed by atoms with van der Waals surface area (Å²) in [7, 11) is 2.75. The molecule has 0 bridgehead atoms. The third kappa shape index (κ3) is 1.92. The van der Waals surface area contributed by atoms with E-state index >= 15 is 0 Å². The van der Waals surface area contributed by atoms with Gasteiger partial charge >= 0.3 is 0 Å². The Morgan fingerprint density at radius 3 is 2.11 bits per heavy atom. The van der Waals surface area contributed by atoms with Gasteiger partial charge in [-0.2, -0.15) is 0 Å². The third-order valence-corrected chi connectivity index (χ3v) is 3.47. The van der Waals surface area contributed by atoms with Crippen LogP contribution in [0.4, 0.5) is 8.78 Å². The highest BCUT2D eigenvalue weighted by atomic mass is 19.1. The van der Waals surface area contributed by atoms with Gasteiger partial charge in [0.15, 0.2) is 23.1 Å². The highest BCUT2D eigenvalue weighted by molar-refractivity contribution is 5.51. The Balaban J connectivity index is 2.68. The summed E-state index contributed by atoms with van der Waals surface area (Å²) in [4.78, 5) is 0. The summed E-state index contributed by atoms with van der Waals surface area (Å²) in [5.74, 6) is -1.32. The van der Waals surface area contributed by atoms with E-state index in [1.54, 1.807) is 0 Å². The molecule has 18 heavy (non-hydrogen) atoms. The van der Waals surface area contributed by atoms with E-state index in [-0.39, 0.29) is 11.5 Å². The van der Waals surface area contributed by atoms with Gasteiger partial charge in [0.25, 0.3) is 0 Å². The van der Waals surface area contributed by atoms with Crippen molar-refractivity contribution in [3.63, 3.8) is 0 Å². The molecule has 1 saturated heterocycles. The van der Waals surface area contributed by atoms with Crippen LogP contribution in [0, 0.1) is 11.6 Å². The molecule has 3 nitrogen and oxygen atoms in total. The standard InChI is InChI=1S/C13H17F2NO2/c1-13(5-4-6-16-13)10-11(17-2)8(14)7-9(15)12(10)18-3/h7,16H,4-6H2,1-3H3. The lowest BCUT2D eigenvalue weighted by Gasteiger charge is -2.29. The maximum atomic E-state index is 13.8. The molecule has 1 aliphatic rings. The van der Waals surface area contributed by atoms with Crippen LogP contribution in [0.1, 0.15) is 25.3 Å². The molecule has 1 unspecified atom stereocenters. The van der Waals surface area contributed by atoms with Crippen molar-refractivity contribution < 1.29 is 18.3 Å². The van der Waals surface area contributed by atoms with E-state index in [0.717, 1.165) is 25.5 Å². The highest BCUT2D eigenvalue weighted by Crippen LogP contribution is 2.44. The maximum Gasteiger partial charge on any atom is 0.168 e. The van der Waals surface area contributed by atoms with Crippen LogP contribution in [0.5, 0.6) is 11.5 Å². The minimum absolute atomic E-state index is 0.0464. The predicted molar refractivity (Wildman–Crippen MR) is 64.1 cm³/mol. The first-order valence-corrected chi connectivity index (χ1v) is 5.89. The van der Waals surface area contributed by atoms with E-state index < -0.39 is 17.2 Å². The zero-order valence-corrected chi connectivity index (χ0v) is 10.8. The van der Waals surface area contributed by atoms with Crippen molar-refractivity contribution in [1.29, 1.82) is 0 Å². The minimum Gasteiger partial charge on any atom is -0.493 e. The molecule has 1 aromatic carbocycles. The molecule has 0 saturated carbocycles. The van der Waals surface area contributed by atoms with E-state index in [9.17, 15) is 8.78 Å². The van der Waals surface area contributed by atoms with Crippen LogP contribution >= 0.6 is 0 Å².